The van der Waals surface area contributed by atoms with Crippen molar-refractivity contribution < 1.29 is 9.18 Å². The lowest BCUT2D eigenvalue weighted by molar-refractivity contribution is -0.123. The fourth-order valence-electron chi connectivity index (χ4n) is 1.53. The van der Waals surface area contributed by atoms with E-state index < -0.39 is 6.04 Å². The molecule has 100 valence electrons. The minimum absolute atomic E-state index is 0.166. The van der Waals surface area contributed by atoms with E-state index in [1.54, 1.807) is 23.9 Å². The molecule has 1 aromatic carbocycles. The number of hydrogen-bond donors (Lipinski definition) is 2. The van der Waals surface area contributed by atoms with E-state index in [2.05, 4.69) is 5.32 Å². The van der Waals surface area contributed by atoms with E-state index in [4.69, 9.17) is 5.73 Å². The van der Waals surface area contributed by atoms with Crippen LogP contribution >= 0.6 is 11.8 Å². The van der Waals surface area contributed by atoms with Crippen LogP contribution in [0.25, 0.3) is 0 Å². The van der Waals surface area contributed by atoms with Crippen LogP contribution < -0.4 is 11.1 Å². The van der Waals surface area contributed by atoms with Crippen molar-refractivity contribution in [1.82, 2.24) is 5.32 Å². The van der Waals surface area contributed by atoms with Crippen LogP contribution in [0.15, 0.2) is 24.3 Å². The number of hydrogen-bond acceptors (Lipinski definition) is 3. The Bertz CT molecular complexity index is 383. The first-order chi connectivity index (χ1) is 8.54. The third kappa shape index (κ3) is 4.66. The second kappa shape index (κ2) is 7.38. The molecular weight excluding hydrogens is 251 g/mol. The molecule has 3 N–H and O–H groups in total. The summed E-state index contributed by atoms with van der Waals surface area (Å²) in [6.07, 6.45) is 2.63. The summed E-state index contributed by atoms with van der Waals surface area (Å²) in [6.45, 7) is 1.85. The van der Waals surface area contributed by atoms with Crippen molar-refractivity contribution >= 4 is 17.7 Å². The lowest BCUT2D eigenvalue weighted by Crippen LogP contribution is -2.41. The van der Waals surface area contributed by atoms with Crippen LogP contribution in [0.5, 0.6) is 0 Å². The molecule has 0 spiro atoms. The topological polar surface area (TPSA) is 55.1 Å². The molecule has 0 fully saturated rings. The molecular formula is C13H19FN2OS. The molecule has 0 saturated carbocycles. The first-order valence-corrected chi connectivity index (χ1v) is 7.24. The number of thioether (sulfide) groups is 1. The number of carbonyl (C=O) groups is 1. The van der Waals surface area contributed by atoms with Gasteiger partial charge in [-0.3, -0.25) is 4.79 Å². The van der Waals surface area contributed by atoms with Gasteiger partial charge in [-0.25, -0.2) is 4.39 Å². The zero-order valence-corrected chi connectivity index (χ0v) is 11.5. The highest BCUT2D eigenvalue weighted by Gasteiger charge is 2.16. The van der Waals surface area contributed by atoms with Gasteiger partial charge in [0.1, 0.15) is 5.82 Å². The predicted molar refractivity (Wildman–Crippen MR) is 73.9 cm³/mol. The van der Waals surface area contributed by atoms with Crippen LogP contribution in [0.4, 0.5) is 4.39 Å². The second-order valence-electron chi connectivity index (χ2n) is 4.17. The first kappa shape index (κ1) is 15.0. The van der Waals surface area contributed by atoms with Crippen molar-refractivity contribution in [3.63, 3.8) is 0 Å². The molecule has 0 aromatic heterocycles. The van der Waals surface area contributed by atoms with Crippen LogP contribution in [0.2, 0.25) is 0 Å². The van der Waals surface area contributed by atoms with Gasteiger partial charge in [0.15, 0.2) is 0 Å². The number of benzene rings is 1. The van der Waals surface area contributed by atoms with Gasteiger partial charge in [0, 0.05) is 0 Å². The maximum absolute atomic E-state index is 12.8. The highest BCUT2D eigenvalue weighted by Crippen LogP contribution is 2.13. The zero-order valence-electron chi connectivity index (χ0n) is 10.7. The van der Waals surface area contributed by atoms with Crippen LogP contribution in [0, 0.1) is 5.82 Å². The van der Waals surface area contributed by atoms with Crippen molar-refractivity contribution in [3.05, 3.63) is 35.6 Å². The van der Waals surface area contributed by atoms with E-state index in [1.807, 2.05) is 13.2 Å². The minimum Gasteiger partial charge on any atom is -0.348 e. The smallest absolute Gasteiger partial charge is 0.237 e. The van der Waals surface area contributed by atoms with Crippen molar-refractivity contribution in [2.45, 2.75) is 25.4 Å². The molecule has 2 atom stereocenters. The van der Waals surface area contributed by atoms with E-state index in [1.165, 1.54) is 12.1 Å². The molecule has 1 rings (SSSR count). The highest BCUT2D eigenvalue weighted by molar-refractivity contribution is 7.98. The Morgan fingerprint density at radius 3 is 2.61 bits per heavy atom. The summed E-state index contributed by atoms with van der Waals surface area (Å²) in [4.78, 5) is 11.8. The number of nitrogens with one attached hydrogen (secondary N) is 1. The van der Waals surface area contributed by atoms with E-state index in [-0.39, 0.29) is 17.8 Å². The number of nitrogens with two attached hydrogens (primary N) is 1. The fourth-order valence-corrected chi connectivity index (χ4v) is 2.02. The maximum atomic E-state index is 12.8. The summed E-state index contributed by atoms with van der Waals surface area (Å²) in [5.74, 6) is 0.411. The fraction of sp³-hybridized carbons (Fsp3) is 0.462. The molecule has 18 heavy (non-hydrogen) atoms. The molecule has 0 saturated heterocycles. The van der Waals surface area contributed by atoms with Gasteiger partial charge in [-0.2, -0.15) is 11.8 Å². The van der Waals surface area contributed by atoms with Gasteiger partial charge in [0.05, 0.1) is 12.1 Å². The van der Waals surface area contributed by atoms with Crippen LogP contribution in [-0.2, 0) is 4.79 Å². The quantitative estimate of drug-likeness (QED) is 0.832. The van der Waals surface area contributed by atoms with Gasteiger partial charge >= 0.3 is 0 Å². The molecule has 0 aliphatic rings. The van der Waals surface area contributed by atoms with Crippen molar-refractivity contribution in [2.24, 2.45) is 5.73 Å². The van der Waals surface area contributed by atoms with E-state index in [0.717, 1.165) is 11.3 Å². The molecule has 0 bridgehead atoms. The van der Waals surface area contributed by atoms with Crippen LogP contribution in [0.3, 0.4) is 0 Å². The number of halogens is 1. The monoisotopic (exact) mass is 270 g/mol. The average molecular weight is 270 g/mol. The molecule has 5 heteroatoms. The van der Waals surface area contributed by atoms with Crippen molar-refractivity contribution in [1.29, 1.82) is 0 Å². The molecule has 1 amide bonds. The van der Waals surface area contributed by atoms with Gasteiger partial charge < -0.3 is 11.1 Å². The third-order valence-corrected chi connectivity index (χ3v) is 3.34. The lowest BCUT2D eigenvalue weighted by atomic mass is 10.1. The largest absolute Gasteiger partial charge is 0.348 e. The van der Waals surface area contributed by atoms with Gasteiger partial charge in [-0.05, 0) is 43.0 Å². The van der Waals surface area contributed by atoms with Gasteiger partial charge in [0.25, 0.3) is 0 Å². The SMILES string of the molecule is CSCC[C@H](N)C(=O)N[C@H](C)c1ccc(F)cc1. The van der Waals surface area contributed by atoms with Crippen LogP contribution in [-0.4, -0.2) is 24.0 Å². The first-order valence-electron chi connectivity index (χ1n) is 5.85. The second-order valence-corrected chi connectivity index (χ2v) is 5.16. The van der Waals surface area contributed by atoms with E-state index in [9.17, 15) is 9.18 Å². The predicted octanol–water partition coefficient (Wildman–Crippen LogP) is 2.08. The van der Waals surface area contributed by atoms with Gasteiger partial charge in [-0.1, -0.05) is 12.1 Å². The van der Waals surface area contributed by atoms with Crippen molar-refractivity contribution in [3.8, 4) is 0 Å². The molecule has 0 aliphatic heterocycles. The Hall–Kier alpha value is -1.07. The summed E-state index contributed by atoms with van der Waals surface area (Å²) in [6, 6.07) is 5.43. The zero-order chi connectivity index (χ0) is 13.5. The molecule has 0 unspecified atom stereocenters. The Morgan fingerprint density at radius 1 is 1.44 bits per heavy atom. The molecule has 0 radical (unpaired) electrons. The molecule has 0 aliphatic carbocycles. The van der Waals surface area contributed by atoms with Gasteiger partial charge in [0.2, 0.25) is 5.91 Å². The van der Waals surface area contributed by atoms with Crippen molar-refractivity contribution in [2.75, 3.05) is 12.0 Å². The summed E-state index contributed by atoms with van der Waals surface area (Å²) >= 11 is 1.66. The standard InChI is InChI=1S/C13H19FN2OS/c1-9(10-3-5-11(14)6-4-10)16-13(17)12(15)7-8-18-2/h3-6,9,12H,7-8,15H2,1-2H3,(H,16,17)/t9-,12+/m1/s1. The number of rotatable bonds is 6. The minimum atomic E-state index is -0.486. The van der Waals surface area contributed by atoms with Gasteiger partial charge in [-0.15, -0.1) is 0 Å². The average Bonchev–Trinajstić information content (AvgIpc) is 2.36. The number of amides is 1. The summed E-state index contributed by atoms with van der Waals surface area (Å²) in [5.41, 5.74) is 6.63. The van der Waals surface area contributed by atoms with Crippen LogP contribution in [0.1, 0.15) is 24.9 Å². The molecule has 0 heterocycles. The summed E-state index contributed by atoms with van der Waals surface area (Å²) in [5, 5.41) is 2.83. The molecule has 1 aromatic rings. The Balaban J connectivity index is 2.51. The third-order valence-electron chi connectivity index (χ3n) is 2.70. The number of carbonyl (C=O) groups excluding carboxylic acids is 1. The Kier molecular flexibility index (Phi) is 6.15. The summed E-state index contributed by atoms with van der Waals surface area (Å²) < 4.78 is 12.8. The Morgan fingerprint density at radius 2 is 2.06 bits per heavy atom. The molecule has 3 nitrogen and oxygen atoms in total. The van der Waals surface area contributed by atoms with E-state index >= 15 is 0 Å². The summed E-state index contributed by atoms with van der Waals surface area (Å²) in [7, 11) is 0. The maximum Gasteiger partial charge on any atom is 0.237 e. The lowest BCUT2D eigenvalue weighted by Gasteiger charge is -2.17. The normalized spacial score (nSPS) is 14.0. The van der Waals surface area contributed by atoms with E-state index in [0.29, 0.717) is 6.42 Å². The highest BCUT2D eigenvalue weighted by atomic mass is 32.2. The Labute approximate surface area is 111 Å².